The zero-order valence-electron chi connectivity index (χ0n) is 16.6. The maximum absolute atomic E-state index is 12.3. The first-order valence-corrected chi connectivity index (χ1v) is 9.60. The van der Waals surface area contributed by atoms with Gasteiger partial charge in [-0.15, -0.1) is 0 Å². The number of rotatable bonds is 4. The van der Waals surface area contributed by atoms with E-state index < -0.39 is 0 Å². The minimum atomic E-state index is -0.144. The smallest absolute Gasteiger partial charge is 0.258 e. The molecule has 0 aliphatic rings. The fraction of sp³-hybridized carbons (Fsp3) is 0.130. The normalized spacial score (nSPS) is 11.3. The van der Waals surface area contributed by atoms with E-state index in [1.807, 2.05) is 44.3 Å². The Morgan fingerprint density at radius 2 is 1.80 bits per heavy atom. The lowest BCUT2D eigenvalue weighted by molar-refractivity contribution is 0.290. The second-order valence-electron chi connectivity index (χ2n) is 7.08. The minimum absolute atomic E-state index is 0.143. The first-order chi connectivity index (χ1) is 14.6. The standard InChI is InChI=1S/C23H19N5O2/c1-15-22-18(16-8-4-3-5-9-16)13-20(25-23(22)27(2)26-15)30-14-17-12-21(29)28-11-7-6-10-19(28)24-17/h3-13H,14H2,1-2H3. The van der Waals surface area contributed by atoms with Crippen molar-refractivity contribution in [2.24, 2.45) is 7.05 Å². The molecule has 5 rings (SSSR count). The quantitative estimate of drug-likeness (QED) is 0.464. The molecule has 0 aliphatic carbocycles. The van der Waals surface area contributed by atoms with Crippen molar-refractivity contribution in [1.29, 1.82) is 0 Å². The van der Waals surface area contributed by atoms with Crippen LogP contribution in [0.4, 0.5) is 0 Å². The van der Waals surface area contributed by atoms with Crippen molar-refractivity contribution < 1.29 is 4.74 Å². The lowest BCUT2D eigenvalue weighted by Crippen LogP contribution is -2.16. The Balaban J connectivity index is 1.55. The average Bonchev–Trinajstić information content (AvgIpc) is 3.06. The van der Waals surface area contributed by atoms with Gasteiger partial charge < -0.3 is 4.74 Å². The van der Waals surface area contributed by atoms with Crippen molar-refractivity contribution in [3.63, 3.8) is 0 Å². The number of hydrogen-bond donors (Lipinski definition) is 0. The van der Waals surface area contributed by atoms with E-state index in [9.17, 15) is 4.79 Å². The first kappa shape index (κ1) is 18.1. The highest BCUT2D eigenvalue weighted by Crippen LogP contribution is 2.32. The van der Waals surface area contributed by atoms with Crippen LogP contribution in [0.15, 0.2) is 71.7 Å². The SMILES string of the molecule is Cc1nn(C)c2nc(OCc3cc(=O)n4ccccc4n3)cc(-c3ccccc3)c12. The third-order valence-electron chi connectivity index (χ3n) is 5.02. The summed E-state index contributed by atoms with van der Waals surface area (Å²) < 4.78 is 9.22. The minimum Gasteiger partial charge on any atom is -0.471 e. The van der Waals surface area contributed by atoms with Gasteiger partial charge in [0.05, 0.1) is 16.8 Å². The van der Waals surface area contributed by atoms with Gasteiger partial charge in [0, 0.05) is 25.4 Å². The Bertz CT molecular complexity index is 1440. The second kappa shape index (κ2) is 7.11. The van der Waals surface area contributed by atoms with E-state index in [0.29, 0.717) is 17.2 Å². The summed E-state index contributed by atoms with van der Waals surface area (Å²) in [4.78, 5) is 21.5. The van der Waals surface area contributed by atoms with E-state index in [-0.39, 0.29) is 12.2 Å². The molecule has 148 valence electrons. The van der Waals surface area contributed by atoms with E-state index in [2.05, 4.69) is 27.2 Å². The molecule has 7 nitrogen and oxygen atoms in total. The Hall–Kier alpha value is -4.00. The molecule has 30 heavy (non-hydrogen) atoms. The molecular weight excluding hydrogens is 378 g/mol. The molecule has 0 amide bonds. The van der Waals surface area contributed by atoms with Crippen LogP contribution >= 0.6 is 0 Å². The van der Waals surface area contributed by atoms with Crippen LogP contribution in [0, 0.1) is 6.92 Å². The molecule has 5 aromatic rings. The Kier molecular flexibility index (Phi) is 4.28. The number of nitrogens with zero attached hydrogens (tertiary/aromatic N) is 5. The molecule has 4 aromatic heterocycles. The van der Waals surface area contributed by atoms with Crippen LogP contribution in [0.3, 0.4) is 0 Å². The van der Waals surface area contributed by atoms with Crippen LogP contribution < -0.4 is 10.3 Å². The van der Waals surface area contributed by atoms with Gasteiger partial charge in [0.1, 0.15) is 12.3 Å². The highest BCUT2D eigenvalue weighted by atomic mass is 16.5. The fourth-order valence-electron chi connectivity index (χ4n) is 3.67. The summed E-state index contributed by atoms with van der Waals surface area (Å²) in [6, 6.07) is 18.9. The number of aromatic nitrogens is 5. The van der Waals surface area contributed by atoms with Gasteiger partial charge in [0.2, 0.25) is 5.88 Å². The first-order valence-electron chi connectivity index (χ1n) is 9.60. The third-order valence-corrected chi connectivity index (χ3v) is 5.02. The van der Waals surface area contributed by atoms with E-state index in [4.69, 9.17) is 4.74 Å². The highest BCUT2D eigenvalue weighted by Gasteiger charge is 2.16. The van der Waals surface area contributed by atoms with E-state index in [0.717, 1.165) is 27.9 Å². The van der Waals surface area contributed by atoms with Crippen molar-refractivity contribution in [3.05, 3.63) is 88.6 Å². The summed E-state index contributed by atoms with van der Waals surface area (Å²) >= 11 is 0. The molecule has 0 saturated carbocycles. The molecule has 0 aliphatic heterocycles. The van der Waals surface area contributed by atoms with E-state index in [1.54, 1.807) is 23.0 Å². The predicted molar refractivity (Wildman–Crippen MR) is 114 cm³/mol. The molecule has 1 aromatic carbocycles. The Labute approximate surface area is 172 Å². The molecule has 0 spiro atoms. The van der Waals surface area contributed by atoms with Crippen LogP contribution in [0.1, 0.15) is 11.4 Å². The Morgan fingerprint density at radius 3 is 2.63 bits per heavy atom. The molecule has 0 bridgehead atoms. The molecule has 0 fully saturated rings. The highest BCUT2D eigenvalue weighted by molar-refractivity contribution is 5.95. The topological polar surface area (TPSA) is 74.3 Å². The van der Waals surface area contributed by atoms with Gasteiger partial charge in [-0.2, -0.15) is 10.1 Å². The number of aryl methyl sites for hydroxylation is 2. The largest absolute Gasteiger partial charge is 0.471 e. The molecule has 7 heteroatoms. The summed E-state index contributed by atoms with van der Waals surface area (Å²) in [5.41, 5.74) is 4.72. The van der Waals surface area contributed by atoms with E-state index >= 15 is 0 Å². The summed E-state index contributed by atoms with van der Waals surface area (Å²) in [6.45, 7) is 2.12. The molecule has 0 radical (unpaired) electrons. The van der Waals surface area contributed by atoms with Crippen molar-refractivity contribution in [2.75, 3.05) is 0 Å². The summed E-state index contributed by atoms with van der Waals surface area (Å²) in [6.07, 6.45) is 1.70. The lowest BCUT2D eigenvalue weighted by Gasteiger charge is -2.10. The second-order valence-corrected chi connectivity index (χ2v) is 7.08. The summed E-state index contributed by atoms with van der Waals surface area (Å²) in [7, 11) is 1.87. The van der Waals surface area contributed by atoms with Crippen LogP contribution in [0.2, 0.25) is 0 Å². The molecule has 0 saturated heterocycles. The number of ether oxygens (including phenoxy) is 1. The molecule has 0 atom stereocenters. The molecule has 0 unspecified atom stereocenters. The van der Waals surface area contributed by atoms with Gasteiger partial charge in [-0.1, -0.05) is 36.4 Å². The third kappa shape index (κ3) is 3.10. The zero-order valence-corrected chi connectivity index (χ0v) is 16.6. The van der Waals surface area contributed by atoms with Gasteiger partial charge in [-0.25, -0.2) is 4.98 Å². The van der Waals surface area contributed by atoms with Crippen molar-refractivity contribution >= 4 is 16.7 Å². The zero-order chi connectivity index (χ0) is 20.7. The predicted octanol–water partition coefficient (Wildman–Crippen LogP) is 3.53. The molecular formula is C23H19N5O2. The van der Waals surface area contributed by atoms with Crippen molar-refractivity contribution in [3.8, 4) is 17.0 Å². The maximum Gasteiger partial charge on any atom is 0.258 e. The van der Waals surface area contributed by atoms with Gasteiger partial charge in [0.15, 0.2) is 5.65 Å². The summed E-state index contributed by atoms with van der Waals surface area (Å²) in [5.74, 6) is 0.458. The average molecular weight is 397 g/mol. The number of hydrogen-bond acceptors (Lipinski definition) is 5. The number of benzene rings is 1. The van der Waals surface area contributed by atoms with Crippen molar-refractivity contribution in [1.82, 2.24) is 24.1 Å². The van der Waals surface area contributed by atoms with Gasteiger partial charge in [-0.05, 0) is 30.2 Å². The maximum atomic E-state index is 12.3. The van der Waals surface area contributed by atoms with Gasteiger partial charge >= 0.3 is 0 Å². The van der Waals surface area contributed by atoms with Gasteiger partial charge in [0.25, 0.3) is 5.56 Å². The van der Waals surface area contributed by atoms with Crippen molar-refractivity contribution in [2.45, 2.75) is 13.5 Å². The number of fused-ring (bicyclic) bond motifs is 2. The molecule has 0 N–H and O–H groups in total. The number of pyridine rings is 2. The van der Waals surface area contributed by atoms with Crippen LogP contribution in [-0.2, 0) is 13.7 Å². The monoisotopic (exact) mass is 397 g/mol. The van der Waals surface area contributed by atoms with Crippen LogP contribution in [-0.4, -0.2) is 24.1 Å². The summed E-state index contributed by atoms with van der Waals surface area (Å²) in [5, 5.41) is 5.52. The Morgan fingerprint density at radius 1 is 1.00 bits per heavy atom. The van der Waals surface area contributed by atoms with Crippen LogP contribution in [0.25, 0.3) is 27.8 Å². The lowest BCUT2D eigenvalue weighted by atomic mass is 10.0. The molecule has 4 heterocycles. The van der Waals surface area contributed by atoms with Crippen LogP contribution in [0.5, 0.6) is 5.88 Å². The van der Waals surface area contributed by atoms with E-state index in [1.165, 1.54) is 10.5 Å². The van der Waals surface area contributed by atoms with Gasteiger partial charge in [-0.3, -0.25) is 13.9 Å². The fourth-order valence-corrected chi connectivity index (χ4v) is 3.67.